The van der Waals surface area contributed by atoms with Gasteiger partial charge in [-0.1, -0.05) is 53.9 Å². The monoisotopic (exact) mass is 373 g/mol. The summed E-state index contributed by atoms with van der Waals surface area (Å²) in [5.41, 5.74) is 1.31. The zero-order valence-corrected chi connectivity index (χ0v) is 19.0. The molecule has 0 spiro atoms. The van der Waals surface area contributed by atoms with Crippen molar-refractivity contribution in [2.45, 2.75) is 98.8 Å². The van der Waals surface area contributed by atoms with Crippen LogP contribution in [0.2, 0.25) is 0 Å². The third-order valence-corrected chi connectivity index (χ3v) is 10.5. The molecule has 3 aliphatic carbocycles. The summed E-state index contributed by atoms with van der Waals surface area (Å²) >= 11 is 0. The van der Waals surface area contributed by atoms with Crippen LogP contribution in [0.1, 0.15) is 98.8 Å². The molecule has 1 unspecified atom stereocenters. The first kappa shape index (κ1) is 20.2. The zero-order valence-electron chi connectivity index (χ0n) is 19.0. The second-order valence-electron chi connectivity index (χ2n) is 12.1. The smallest absolute Gasteiger partial charge is 0.00152 e. The highest BCUT2D eigenvalue weighted by molar-refractivity contribution is 5.09. The highest BCUT2D eigenvalue weighted by Gasteiger charge is 2.60. The third-order valence-electron chi connectivity index (χ3n) is 10.5. The Hall–Kier alpha value is -0.0400. The maximum absolute atomic E-state index is 3.71. The maximum Gasteiger partial charge on any atom is -0.00152 e. The van der Waals surface area contributed by atoms with Gasteiger partial charge >= 0.3 is 0 Å². The summed E-state index contributed by atoms with van der Waals surface area (Å²) in [7, 11) is 0. The molecule has 8 atom stereocenters. The lowest BCUT2D eigenvalue weighted by Gasteiger charge is -2.60. The molecule has 0 radical (unpaired) electrons. The van der Waals surface area contributed by atoms with Crippen molar-refractivity contribution >= 4 is 0 Å². The number of hydrogen-bond acceptors (Lipinski definition) is 1. The van der Waals surface area contributed by atoms with Crippen LogP contribution in [0.25, 0.3) is 0 Å². The second-order valence-corrected chi connectivity index (χ2v) is 12.1. The Labute approximate surface area is 169 Å². The van der Waals surface area contributed by atoms with Gasteiger partial charge in [-0.2, -0.15) is 0 Å². The molecule has 0 bridgehead atoms. The van der Waals surface area contributed by atoms with Gasteiger partial charge in [0.1, 0.15) is 0 Å². The summed E-state index contributed by atoms with van der Waals surface area (Å²) in [5, 5.41) is 3.71. The van der Waals surface area contributed by atoms with Crippen molar-refractivity contribution in [1.82, 2.24) is 5.32 Å². The fourth-order valence-corrected chi connectivity index (χ4v) is 8.92. The molecular weight excluding hydrogens is 326 g/mol. The van der Waals surface area contributed by atoms with E-state index in [0.29, 0.717) is 10.8 Å². The maximum atomic E-state index is 3.71. The van der Waals surface area contributed by atoms with E-state index < -0.39 is 0 Å². The molecule has 0 aromatic carbocycles. The lowest BCUT2D eigenvalue weighted by atomic mass is 9.45. The zero-order chi connectivity index (χ0) is 19.2. The standard InChI is InChI=1S/C26H47N/c1-18(2)7-6-8-19(3)22-11-12-23-21-10-9-20-17-27-16-15-25(20,4)24(21)13-14-26(22,23)5/h18-24,27H,6-17H2,1-5H3/t19-,20?,21+,22-,23+,24+,25+,26-/m1/s1. The van der Waals surface area contributed by atoms with E-state index in [1.165, 1.54) is 58.0 Å². The highest BCUT2D eigenvalue weighted by Crippen LogP contribution is 2.67. The minimum absolute atomic E-state index is 0.649. The predicted molar refractivity (Wildman–Crippen MR) is 117 cm³/mol. The van der Waals surface area contributed by atoms with Gasteiger partial charge < -0.3 is 5.32 Å². The van der Waals surface area contributed by atoms with E-state index in [4.69, 9.17) is 0 Å². The van der Waals surface area contributed by atoms with E-state index in [1.807, 2.05) is 0 Å². The Bertz CT molecular complexity index is 512. The summed E-state index contributed by atoms with van der Waals surface area (Å²) in [6, 6.07) is 0. The van der Waals surface area contributed by atoms with Crippen LogP contribution in [0.5, 0.6) is 0 Å². The van der Waals surface area contributed by atoms with Crippen LogP contribution in [0, 0.1) is 52.3 Å². The Balaban J connectivity index is 1.46. The molecule has 156 valence electrons. The molecule has 4 fully saturated rings. The van der Waals surface area contributed by atoms with Crippen LogP contribution >= 0.6 is 0 Å². The van der Waals surface area contributed by atoms with Gasteiger partial charge in [-0.3, -0.25) is 0 Å². The van der Waals surface area contributed by atoms with Crippen molar-refractivity contribution in [2.24, 2.45) is 52.3 Å². The molecule has 1 nitrogen and oxygen atoms in total. The van der Waals surface area contributed by atoms with Gasteiger partial charge in [-0.15, -0.1) is 0 Å². The fourth-order valence-electron chi connectivity index (χ4n) is 8.92. The molecule has 1 N–H and O–H groups in total. The van der Waals surface area contributed by atoms with Crippen LogP contribution < -0.4 is 5.32 Å². The lowest BCUT2D eigenvalue weighted by Crippen LogP contribution is -2.56. The van der Waals surface area contributed by atoms with E-state index in [-0.39, 0.29) is 0 Å². The molecule has 0 aromatic rings. The summed E-state index contributed by atoms with van der Waals surface area (Å²) in [4.78, 5) is 0. The Morgan fingerprint density at radius 1 is 0.852 bits per heavy atom. The molecule has 0 amide bonds. The van der Waals surface area contributed by atoms with Gasteiger partial charge in [0.25, 0.3) is 0 Å². The number of fused-ring (bicyclic) bond motifs is 5. The van der Waals surface area contributed by atoms with Gasteiger partial charge in [0.05, 0.1) is 0 Å². The van der Waals surface area contributed by atoms with Gasteiger partial charge in [0, 0.05) is 0 Å². The molecular formula is C26H47N. The van der Waals surface area contributed by atoms with Crippen molar-refractivity contribution in [3.63, 3.8) is 0 Å². The van der Waals surface area contributed by atoms with Crippen LogP contribution in [0.15, 0.2) is 0 Å². The number of piperidine rings is 1. The molecule has 1 aliphatic heterocycles. The van der Waals surface area contributed by atoms with Gasteiger partial charge in [0.2, 0.25) is 0 Å². The van der Waals surface area contributed by atoms with E-state index >= 15 is 0 Å². The Morgan fingerprint density at radius 3 is 2.41 bits per heavy atom. The molecule has 1 saturated heterocycles. The highest BCUT2D eigenvalue weighted by atomic mass is 14.9. The SMILES string of the molecule is CC(C)CCC[C@@H](C)[C@H]1CC[C@H]2[C@@H]3CCC4CNCC[C@]4(C)[C@H]3CC[C@]12C. The fraction of sp³-hybridized carbons (Fsp3) is 1.00. The minimum Gasteiger partial charge on any atom is -0.316 e. The van der Waals surface area contributed by atoms with Gasteiger partial charge in [0.15, 0.2) is 0 Å². The van der Waals surface area contributed by atoms with Crippen molar-refractivity contribution in [2.75, 3.05) is 13.1 Å². The predicted octanol–water partition coefficient (Wildman–Crippen LogP) is 6.92. The quantitative estimate of drug-likeness (QED) is 0.551. The molecule has 0 aromatic heterocycles. The number of nitrogens with one attached hydrogen (secondary N) is 1. The minimum atomic E-state index is 0.649. The summed E-state index contributed by atoms with van der Waals surface area (Å²) in [6.07, 6.45) is 15.0. The van der Waals surface area contributed by atoms with E-state index in [1.54, 1.807) is 19.3 Å². The number of hydrogen-bond donors (Lipinski definition) is 1. The average Bonchev–Trinajstić information content (AvgIpc) is 2.98. The Morgan fingerprint density at radius 2 is 1.63 bits per heavy atom. The molecule has 4 aliphatic rings. The van der Waals surface area contributed by atoms with Crippen LogP contribution in [0.4, 0.5) is 0 Å². The summed E-state index contributed by atoms with van der Waals surface area (Å²) in [6.45, 7) is 15.4. The van der Waals surface area contributed by atoms with Crippen molar-refractivity contribution < 1.29 is 0 Å². The van der Waals surface area contributed by atoms with E-state index in [2.05, 4.69) is 39.9 Å². The first-order valence-corrected chi connectivity index (χ1v) is 12.6. The molecule has 27 heavy (non-hydrogen) atoms. The number of rotatable bonds is 5. The molecule has 3 saturated carbocycles. The summed E-state index contributed by atoms with van der Waals surface area (Å²) in [5.74, 6) is 6.92. The van der Waals surface area contributed by atoms with E-state index in [9.17, 15) is 0 Å². The lowest BCUT2D eigenvalue weighted by molar-refractivity contribution is -0.110. The molecule has 1 heterocycles. The summed E-state index contributed by atoms with van der Waals surface area (Å²) < 4.78 is 0. The third kappa shape index (κ3) is 3.43. The largest absolute Gasteiger partial charge is 0.316 e. The van der Waals surface area contributed by atoms with Crippen LogP contribution in [0.3, 0.4) is 0 Å². The van der Waals surface area contributed by atoms with E-state index in [0.717, 1.165) is 41.4 Å². The second kappa shape index (κ2) is 7.66. The topological polar surface area (TPSA) is 12.0 Å². The van der Waals surface area contributed by atoms with Crippen molar-refractivity contribution in [1.29, 1.82) is 0 Å². The van der Waals surface area contributed by atoms with Crippen molar-refractivity contribution in [3.8, 4) is 0 Å². The molecule has 4 rings (SSSR count). The van der Waals surface area contributed by atoms with Crippen molar-refractivity contribution in [3.05, 3.63) is 0 Å². The van der Waals surface area contributed by atoms with Crippen LogP contribution in [-0.2, 0) is 0 Å². The van der Waals surface area contributed by atoms with Crippen LogP contribution in [-0.4, -0.2) is 13.1 Å². The molecule has 1 heteroatoms. The first-order valence-electron chi connectivity index (χ1n) is 12.6. The van der Waals surface area contributed by atoms with Gasteiger partial charge in [-0.25, -0.2) is 0 Å². The van der Waals surface area contributed by atoms with Gasteiger partial charge in [-0.05, 0) is 110 Å². The Kier molecular flexibility index (Phi) is 5.74. The average molecular weight is 374 g/mol. The normalized spacial score (nSPS) is 48.0. The first-order chi connectivity index (χ1) is 12.9.